The minimum atomic E-state index is 0.480. The molecule has 2 aliphatic rings. The topological polar surface area (TPSA) is 96.5 Å². The SMILES string of the molecule is CN1CCC(N(C)c2nc3nc(-c4ccc(N)nc4)nc(N4CCOCC4)c3s2)CC1. The van der Waals surface area contributed by atoms with Crippen molar-refractivity contribution in [2.75, 3.05) is 69.0 Å². The molecule has 164 valence electrons. The number of aromatic nitrogens is 4. The first-order chi connectivity index (χ1) is 15.1. The van der Waals surface area contributed by atoms with Crippen LogP contribution in [0.1, 0.15) is 12.8 Å². The zero-order valence-electron chi connectivity index (χ0n) is 18.0. The lowest BCUT2D eigenvalue weighted by molar-refractivity contribution is 0.122. The van der Waals surface area contributed by atoms with E-state index < -0.39 is 0 Å². The molecule has 2 saturated heterocycles. The second kappa shape index (κ2) is 8.52. The van der Waals surface area contributed by atoms with Gasteiger partial charge in [-0.15, -0.1) is 0 Å². The van der Waals surface area contributed by atoms with Gasteiger partial charge in [-0.2, -0.15) is 4.98 Å². The molecular formula is C21H28N8OS. The van der Waals surface area contributed by atoms with Crippen LogP contribution in [0.3, 0.4) is 0 Å². The number of fused-ring (bicyclic) bond motifs is 1. The molecule has 0 atom stereocenters. The first kappa shape index (κ1) is 20.3. The molecule has 0 amide bonds. The average Bonchev–Trinajstić information content (AvgIpc) is 3.24. The number of pyridine rings is 1. The van der Waals surface area contributed by atoms with Gasteiger partial charge < -0.3 is 25.2 Å². The quantitative estimate of drug-likeness (QED) is 0.654. The van der Waals surface area contributed by atoms with Gasteiger partial charge in [-0.05, 0) is 45.1 Å². The third-order valence-corrected chi connectivity index (χ3v) is 7.25. The van der Waals surface area contributed by atoms with Gasteiger partial charge in [0, 0.05) is 37.9 Å². The average molecular weight is 441 g/mol. The maximum Gasteiger partial charge on any atom is 0.188 e. The number of ether oxygens (including phenoxy) is 1. The molecule has 31 heavy (non-hydrogen) atoms. The normalized spacial score (nSPS) is 18.6. The van der Waals surface area contributed by atoms with Crippen molar-refractivity contribution in [1.82, 2.24) is 24.8 Å². The Morgan fingerprint density at radius 3 is 2.58 bits per heavy atom. The summed E-state index contributed by atoms with van der Waals surface area (Å²) < 4.78 is 6.59. The van der Waals surface area contributed by atoms with Crippen molar-refractivity contribution in [3.63, 3.8) is 0 Å². The summed E-state index contributed by atoms with van der Waals surface area (Å²) in [6, 6.07) is 4.18. The monoisotopic (exact) mass is 440 g/mol. The first-order valence-corrected chi connectivity index (χ1v) is 11.5. The van der Waals surface area contributed by atoms with E-state index in [0.29, 0.717) is 30.9 Å². The number of rotatable bonds is 4. The van der Waals surface area contributed by atoms with Gasteiger partial charge in [0.2, 0.25) is 0 Å². The number of nitrogen functional groups attached to an aromatic ring is 1. The Balaban J connectivity index is 1.55. The number of thiazole rings is 1. The fraction of sp³-hybridized carbons (Fsp3) is 0.524. The van der Waals surface area contributed by atoms with E-state index in [1.54, 1.807) is 23.6 Å². The second-order valence-corrected chi connectivity index (χ2v) is 9.21. The van der Waals surface area contributed by atoms with Crippen molar-refractivity contribution in [2.45, 2.75) is 18.9 Å². The minimum absolute atomic E-state index is 0.480. The molecule has 9 nitrogen and oxygen atoms in total. The standard InChI is InChI=1S/C21H28N8OS/c1-27-7-5-15(6-8-27)28(2)21-26-19-17(31-21)20(29-9-11-30-12-10-29)25-18(24-19)14-3-4-16(22)23-13-14/h3-4,13,15H,5-12H2,1-2H3,(H2,22,23). The highest BCUT2D eigenvalue weighted by Crippen LogP contribution is 2.37. The predicted molar refractivity (Wildman–Crippen MR) is 125 cm³/mol. The van der Waals surface area contributed by atoms with E-state index in [0.717, 1.165) is 65.9 Å². The molecule has 0 bridgehead atoms. The highest BCUT2D eigenvalue weighted by atomic mass is 32.1. The summed E-state index contributed by atoms with van der Waals surface area (Å²) in [7, 11) is 4.34. The summed E-state index contributed by atoms with van der Waals surface area (Å²) in [6.45, 7) is 5.25. The van der Waals surface area contributed by atoms with Crippen LogP contribution in [0.2, 0.25) is 0 Å². The van der Waals surface area contributed by atoms with Gasteiger partial charge in [0.25, 0.3) is 0 Å². The minimum Gasteiger partial charge on any atom is -0.384 e. The van der Waals surface area contributed by atoms with E-state index >= 15 is 0 Å². The third kappa shape index (κ3) is 4.15. The smallest absolute Gasteiger partial charge is 0.188 e. The van der Waals surface area contributed by atoms with E-state index in [9.17, 15) is 0 Å². The number of anilines is 3. The van der Waals surface area contributed by atoms with Crippen LogP contribution in [0.15, 0.2) is 18.3 Å². The molecule has 3 aromatic rings. The molecule has 0 aliphatic carbocycles. The van der Waals surface area contributed by atoms with E-state index in [4.69, 9.17) is 25.4 Å². The zero-order valence-corrected chi connectivity index (χ0v) is 18.8. The second-order valence-electron chi connectivity index (χ2n) is 8.24. The summed E-state index contributed by atoms with van der Waals surface area (Å²) in [6.07, 6.45) is 4.01. The van der Waals surface area contributed by atoms with Crippen molar-refractivity contribution in [1.29, 1.82) is 0 Å². The van der Waals surface area contributed by atoms with Crippen molar-refractivity contribution < 1.29 is 4.74 Å². The van der Waals surface area contributed by atoms with Crippen LogP contribution >= 0.6 is 11.3 Å². The Hall–Kier alpha value is -2.56. The fourth-order valence-corrected chi connectivity index (χ4v) is 5.20. The lowest BCUT2D eigenvalue weighted by atomic mass is 10.0. The molecular weight excluding hydrogens is 412 g/mol. The zero-order chi connectivity index (χ0) is 21.4. The number of nitrogens with zero attached hydrogens (tertiary/aromatic N) is 7. The molecule has 2 N–H and O–H groups in total. The van der Waals surface area contributed by atoms with Crippen LogP contribution in [0.4, 0.5) is 16.8 Å². The molecule has 0 saturated carbocycles. The predicted octanol–water partition coefficient (Wildman–Crippen LogP) is 2.10. The van der Waals surface area contributed by atoms with Crippen LogP contribution in [-0.2, 0) is 4.74 Å². The largest absolute Gasteiger partial charge is 0.384 e. The van der Waals surface area contributed by atoms with Gasteiger partial charge in [0.15, 0.2) is 22.4 Å². The molecule has 0 radical (unpaired) electrons. The molecule has 5 heterocycles. The Morgan fingerprint density at radius 1 is 1.10 bits per heavy atom. The summed E-state index contributed by atoms with van der Waals surface area (Å²) in [5.74, 6) is 2.04. The first-order valence-electron chi connectivity index (χ1n) is 10.7. The molecule has 0 aromatic carbocycles. The summed E-state index contributed by atoms with van der Waals surface area (Å²) in [5.41, 5.74) is 7.34. The number of nitrogens with two attached hydrogens (primary N) is 1. The third-order valence-electron chi connectivity index (χ3n) is 6.12. The fourth-order valence-electron chi connectivity index (χ4n) is 4.14. The molecule has 0 spiro atoms. The van der Waals surface area contributed by atoms with Gasteiger partial charge in [-0.3, -0.25) is 0 Å². The van der Waals surface area contributed by atoms with Crippen LogP contribution in [-0.4, -0.2) is 84.4 Å². The van der Waals surface area contributed by atoms with Crippen molar-refractivity contribution in [2.24, 2.45) is 0 Å². The van der Waals surface area contributed by atoms with Crippen LogP contribution in [0, 0.1) is 0 Å². The summed E-state index contributed by atoms with van der Waals surface area (Å²) in [5, 5.41) is 1.00. The van der Waals surface area contributed by atoms with E-state index in [1.165, 1.54) is 0 Å². The summed E-state index contributed by atoms with van der Waals surface area (Å²) in [4.78, 5) is 25.9. The Bertz CT molecular complexity index is 1040. The van der Waals surface area contributed by atoms with Crippen molar-refractivity contribution in [3.8, 4) is 11.4 Å². The molecule has 2 aliphatic heterocycles. The highest BCUT2D eigenvalue weighted by molar-refractivity contribution is 7.22. The number of hydrogen-bond donors (Lipinski definition) is 1. The van der Waals surface area contributed by atoms with E-state index in [1.807, 2.05) is 6.07 Å². The Labute approximate surface area is 185 Å². The molecule has 2 fully saturated rings. The lowest BCUT2D eigenvalue weighted by Gasteiger charge is -2.34. The molecule has 0 unspecified atom stereocenters. The number of hydrogen-bond acceptors (Lipinski definition) is 10. The van der Waals surface area contributed by atoms with Crippen molar-refractivity contribution in [3.05, 3.63) is 18.3 Å². The van der Waals surface area contributed by atoms with Crippen molar-refractivity contribution >= 4 is 38.5 Å². The number of piperidine rings is 1. The maximum atomic E-state index is 5.76. The number of likely N-dealkylation sites (tertiary alicyclic amines) is 1. The maximum absolute atomic E-state index is 5.76. The molecule has 5 rings (SSSR count). The summed E-state index contributed by atoms with van der Waals surface area (Å²) >= 11 is 1.68. The van der Waals surface area contributed by atoms with E-state index in [2.05, 4.69) is 33.8 Å². The lowest BCUT2D eigenvalue weighted by Crippen LogP contribution is -2.41. The number of morpholine rings is 1. The Kier molecular flexibility index (Phi) is 5.59. The van der Waals surface area contributed by atoms with E-state index in [-0.39, 0.29) is 0 Å². The van der Waals surface area contributed by atoms with Gasteiger partial charge in [-0.1, -0.05) is 11.3 Å². The highest BCUT2D eigenvalue weighted by Gasteiger charge is 2.26. The van der Waals surface area contributed by atoms with Gasteiger partial charge in [-0.25, -0.2) is 15.0 Å². The molecule has 10 heteroatoms. The van der Waals surface area contributed by atoms with Crippen LogP contribution < -0.4 is 15.5 Å². The Morgan fingerprint density at radius 2 is 1.87 bits per heavy atom. The van der Waals surface area contributed by atoms with Crippen LogP contribution in [0.5, 0.6) is 0 Å². The van der Waals surface area contributed by atoms with Gasteiger partial charge in [0.05, 0.1) is 13.2 Å². The molecule has 3 aromatic heterocycles. The van der Waals surface area contributed by atoms with Crippen LogP contribution in [0.25, 0.3) is 21.7 Å². The van der Waals surface area contributed by atoms with Gasteiger partial charge >= 0.3 is 0 Å². The van der Waals surface area contributed by atoms with Gasteiger partial charge in [0.1, 0.15) is 10.5 Å².